The largest absolute Gasteiger partial charge is 0.478 e. The number of hydrogen-bond donors (Lipinski definition) is 1. The van der Waals surface area contributed by atoms with Gasteiger partial charge < -0.3 is 14.9 Å². The van der Waals surface area contributed by atoms with Crippen molar-refractivity contribution in [3.05, 3.63) is 95.1 Å². The number of rotatable bonds is 5. The summed E-state index contributed by atoms with van der Waals surface area (Å²) in [6, 6.07) is 23.2. The van der Waals surface area contributed by atoms with E-state index in [1.807, 2.05) is 25.1 Å². The number of nitrogens with zero attached hydrogens (tertiary/aromatic N) is 2. The molecule has 3 aromatic rings. The van der Waals surface area contributed by atoms with Gasteiger partial charge >= 0.3 is 0 Å². The van der Waals surface area contributed by atoms with Crippen molar-refractivity contribution < 1.29 is 19.2 Å². The molecule has 0 saturated carbocycles. The first-order valence-electron chi connectivity index (χ1n) is 10.4. The summed E-state index contributed by atoms with van der Waals surface area (Å²) in [5, 5.41) is 16.1. The molecule has 3 aromatic carbocycles. The van der Waals surface area contributed by atoms with Gasteiger partial charge in [0.15, 0.2) is 12.4 Å². The van der Waals surface area contributed by atoms with Gasteiger partial charge in [-0.15, -0.1) is 0 Å². The van der Waals surface area contributed by atoms with Crippen LogP contribution in [0.4, 0.5) is 5.69 Å². The van der Waals surface area contributed by atoms with Crippen molar-refractivity contribution in [3.63, 3.8) is 0 Å². The third kappa shape index (κ3) is 3.15. The first-order valence-corrected chi connectivity index (χ1v) is 10.4. The Labute approximate surface area is 190 Å². The minimum atomic E-state index is -1.64. The number of nitriles is 1. The minimum Gasteiger partial charge on any atom is -0.478 e. The third-order valence-electron chi connectivity index (χ3n) is 5.93. The molecule has 0 saturated heterocycles. The maximum atomic E-state index is 13.9. The van der Waals surface area contributed by atoms with E-state index in [9.17, 15) is 9.59 Å². The minimum absolute atomic E-state index is 0.170. The van der Waals surface area contributed by atoms with Crippen molar-refractivity contribution >= 4 is 23.1 Å². The summed E-state index contributed by atoms with van der Waals surface area (Å²) in [4.78, 5) is 33.2. The van der Waals surface area contributed by atoms with Gasteiger partial charge in [-0.2, -0.15) is 5.26 Å². The zero-order valence-corrected chi connectivity index (χ0v) is 17.7. The average Bonchev–Trinajstić information content (AvgIpc) is 3.37. The summed E-state index contributed by atoms with van der Waals surface area (Å²) in [5.41, 5.74) is 1.71. The Hall–Kier alpha value is -4.44. The number of benzene rings is 3. The van der Waals surface area contributed by atoms with Gasteiger partial charge in [-0.25, -0.2) is 0 Å². The SMILES string of the molecule is Cc1ccc(C(=O)C2C(c3ccccc3OCC#N)=NOC23C(=O)Nc2ccccc23)cc1. The van der Waals surface area contributed by atoms with E-state index in [2.05, 4.69) is 10.5 Å². The zero-order valence-electron chi connectivity index (χ0n) is 17.7. The van der Waals surface area contributed by atoms with Crippen molar-refractivity contribution in [2.24, 2.45) is 11.1 Å². The molecule has 2 heterocycles. The highest BCUT2D eigenvalue weighted by molar-refractivity contribution is 6.25. The summed E-state index contributed by atoms with van der Waals surface area (Å²) in [6.07, 6.45) is 0. The number of ether oxygens (including phenoxy) is 1. The maximum absolute atomic E-state index is 13.9. The first kappa shape index (κ1) is 20.5. The molecule has 1 amide bonds. The first-order chi connectivity index (χ1) is 16.1. The molecule has 2 aliphatic rings. The summed E-state index contributed by atoms with van der Waals surface area (Å²) in [6.45, 7) is 1.76. The number of para-hydroxylation sites is 2. The van der Waals surface area contributed by atoms with Crippen molar-refractivity contribution in [1.29, 1.82) is 5.26 Å². The predicted molar refractivity (Wildman–Crippen MR) is 121 cm³/mol. The number of Topliss-reactive ketones (excluding diaryl/α,β-unsaturated/α-hetero) is 1. The van der Waals surface area contributed by atoms with Gasteiger partial charge in [0.05, 0.1) is 0 Å². The second-order valence-corrected chi connectivity index (χ2v) is 7.91. The quantitative estimate of drug-likeness (QED) is 0.609. The fourth-order valence-electron chi connectivity index (χ4n) is 4.36. The molecule has 33 heavy (non-hydrogen) atoms. The summed E-state index contributed by atoms with van der Waals surface area (Å²) in [7, 11) is 0. The molecule has 2 aliphatic heterocycles. The summed E-state index contributed by atoms with van der Waals surface area (Å²) < 4.78 is 5.59. The van der Waals surface area contributed by atoms with Gasteiger partial charge in [0.25, 0.3) is 11.5 Å². The van der Waals surface area contributed by atoms with E-state index in [-0.39, 0.29) is 18.1 Å². The Kier molecular flexibility index (Phi) is 4.91. The monoisotopic (exact) mass is 437 g/mol. The van der Waals surface area contributed by atoms with Crippen molar-refractivity contribution in [3.8, 4) is 11.8 Å². The number of carbonyl (C=O) groups is 2. The van der Waals surface area contributed by atoms with Gasteiger partial charge in [-0.05, 0) is 25.1 Å². The summed E-state index contributed by atoms with van der Waals surface area (Å²) in [5.74, 6) is -1.43. The standard InChI is InChI=1S/C26H19N3O4/c1-16-10-12-17(13-11-16)24(30)22-23(18-6-2-5-9-21(18)32-15-14-27)29-33-26(22)19-7-3-4-8-20(19)28-25(26)31/h2-13,22H,15H2,1H3,(H,28,31). The van der Waals surface area contributed by atoms with Crippen LogP contribution in [0.15, 0.2) is 78.0 Å². The Bertz CT molecular complexity index is 1340. The third-order valence-corrected chi connectivity index (χ3v) is 5.93. The molecule has 0 aromatic heterocycles. The lowest BCUT2D eigenvalue weighted by molar-refractivity contribution is -0.140. The van der Waals surface area contributed by atoms with Crippen LogP contribution in [-0.2, 0) is 15.2 Å². The van der Waals surface area contributed by atoms with Crippen LogP contribution >= 0.6 is 0 Å². The Morgan fingerprint density at radius 3 is 2.64 bits per heavy atom. The van der Waals surface area contributed by atoms with Crippen LogP contribution in [0.25, 0.3) is 0 Å². The molecule has 0 aliphatic carbocycles. The fraction of sp³-hybridized carbons (Fsp3) is 0.154. The van der Waals surface area contributed by atoms with E-state index >= 15 is 0 Å². The highest BCUT2D eigenvalue weighted by Crippen LogP contribution is 2.50. The Balaban J connectivity index is 1.69. The number of fused-ring (bicyclic) bond motifs is 2. The number of nitrogens with one attached hydrogen (secondary N) is 1. The molecule has 7 nitrogen and oxygen atoms in total. The van der Waals surface area contributed by atoms with E-state index in [0.717, 1.165) is 5.56 Å². The van der Waals surface area contributed by atoms with E-state index in [4.69, 9.17) is 14.8 Å². The normalized spacial score (nSPS) is 20.4. The lowest BCUT2D eigenvalue weighted by atomic mass is 9.74. The van der Waals surface area contributed by atoms with Crippen LogP contribution in [0.5, 0.6) is 5.75 Å². The van der Waals surface area contributed by atoms with Crippen LogP contribution in [0.1, 0.15) is 27.0 Å². The molecular formula is C26H19N3O4. The van der Waals surface area contributed by atoms with Crippen LogP contribution in [-0.4, -0.2) is 24.0 Å². The smallest absolute Gasteiger partial charge is 0.277 e. The van der Waals surface area contributed by atoms with Gasteiger partial charge in [-0.1, -0.05) is 65.3 Å². The second-order valence-electron chi connectivity index (χ2n) is 7.91. The Morgan fingerprint density at radius 2 is 1.85 bits per heavy atom. The van der Waals surface area contributed by atoms with Crippen molar-refractivity contribution in [2.75, 3.05) is 11.9 Å². The van der Waals surface area contributed by atoms with Gasteiger partial charge in [-0.3, -0.25) is 9.59 Å². The van der Waals surface area contributed by atoms with Gasteiger partial charge in [0.1, 0.15) is 23.4 Å². The lowest BCUT2D eigenvalue weighted by Crippen LogP contribution is -2.46. The number of oxime groups is 1. The van der Waals surface area contributed by atoms with E-state index in [1.165, 1.54) is 0 Å². The zero-order chi connectivity index (χ0) is 23.0. The van der Waals surface area contributed by atoms with Gasteiger partial charge in [0.2, 0.25) is 0 Å². The van der Waals surface area contributed by atoms with E-state index in [0.29, 0.717) is 28.1 Å². The molecule has 7 heteroatoms. The number of hydrogen-bond acceptors (Lipinski definition) is 6. The number of anilines is 1. The van der Waals surface area contributed by atoms with Crippen LogP contribution in [0.2, 0.25) is 0 Å². The number of aryl methyl sites for hydroxylation is 1. The highest BCUT2D eigenvalue weighted by atomic mass is 16.7. The maximum Gasteiger partial charge on any atom is 0.277 e. The summed E-state index contributed by atoms with van der Waals surface area (Å²) >= 11 is 0. The number of carbonyl (C=O) groups excluding carboxylic acids is 2. The second kappa shape index (κ2) is 7.92. The molecule has 2 unspecified atom stereocenters. The molecule has 0 bridgehead atoms. The van der Waals surface area contributed by atoms with Gasteiger partial charge in [0, 0.05) is 22.4 Å². The number of amides is 1. The molecule has 162 valence electrons. The molecule has 0 radical (unpaired) electrons. The molecule has 0 fully saturated rings. The highest BCUT2D eigenvalue weighted by Gasteiger charge is 2.63. The molecule has 1 spiro atoms. The number of ketones is 1. The molecule has 2 atom stereocenters. The lowest BCUT2D eigenvalue weighted by Gasteiger charge is -2.27. The van der Waals surface area contributed by atoms with Crippen molar-refractivity contribution in [1.82, 2.24) is 0 Å². The predicted octanol–water partition coefficient (Wildman–Crippen LogP) is 3.98. The van der Waals surface area contributed by atoms with Crippen molar-refractivity contribution in [2.45, 2.75) is 12.5 Å². The average molecular weight is 437 g/mol. The van der Waals surface area contributed by atoms with Crippen LogP contribution in [0, 0.1) is 24.2 Å². The van der Waals surface area contributed by atoms with E-state index < -0.39 is 17.4 Å². The molecule has 1 N–H and O–H groups in total. The molecule has 5 rings (SSSR count). The Morgan fingerprint density at radius 1 is 1.12 bits per heavy atom. The van der Waals surface area contributed by atoms with E-state index in [1.54, 1.807) is 60.7 Å². The molecular weight excluding hydrogens is 418 g/mol. The van der Waals surface area contributed by atoms with Crippen LogP contribution in [0.3, 0.4) is 0 Å². The van der Waals surface area contributed by atoms with Crippen LogP contribution < -0.4 is 10.1 Å². The topological polar surface area (TPSA) is 101 Å². The fourth-order valence-corrected chi connectivity index (χ4v) is 4.36.